The van der Waals surface area contributed by atoms with Crippen molar-refractivity contribution in [3.05, 3.63) is 77.8 Å². The first-order chi connectivity index (χ1) is 15.0. The van der Waals surface area contributed by atoms with Crippen LogP contribution in [-0.4, -0.2) is 34.5 Å². The van der Waals surface area contributed by atoms with E-state index in [9.17, 15) is 4.39 Å². The van der Waals surface area contributed by atoms with Crippen molar-refractivity contribution in [3.8, 4) is 0 Å². The van der Waals surface area contributed by atoms with Crippen molar-refractivity contribution in [3.63, 3.8) is 0 Å². The first-order valence-electron chi connectivity index (χ1n) is 9.90. The van der Waals surface area contributed by atoms with E-state index in [1.54, 1.807) is 41.3 Å². The van der Waals surface area contributed by atoms with Crippen LogP contribution in [0.1, 0.15) is 23.7 Å². The van der Waals surface area contributed by atoms with Crippen molar-refractivity contribution in [2.45, 2.75) is 33.5 Å². The van der Waals surface area contributed by atoms with Gasteiger partial charge in [0.25, 0.3) is 0 Å². The SMILES string of the molecule is CCn1ncc(Cn2cc(NC(=S)Nc3ccn(Cc4ccccc4F)n3)cn2)c1C. The molecule has 160 valence electrons. The second kappa shape index (κ2) is 9.09. The molecule has 0 saturated heterocycles. The van der Waals surface area contributed by atoms with Gasteiger partial charge in [-0.05, 0) is 32.1 Å². The highest BCUT2D eigenvalue weighted by Crippen LogP contribution is 2.13. The van der Waals surface area contributed by atoms with E-state index in [1.807, 2.05) is 21.8 Å². The van der Waals surface area contributed by atoms with Gasteiger partial charge in [-0.2, -0.15) is 15.3 Å². The molecule has 0 fully saturated rings. The van der Waals surface area contributed by atoms with E-state index >= 15 is 0 Å². The lowest BCUT2D eigenvalue weighted by Crippen LogP contribution is -2.19. The van der Waals surface area contributed by atoms with Crippen molar-refractivity contribution in [1.82, 2.24) is 29.3 Å². The van der Waals surface area contributed by atoms with Gasteiger partial charge < -0.3 is 10.6 Å². The van der Waals surface area contributed by atoms with Crippen molar-refractivity contribution in [2.75, 3.05) is 10.6 Å². The number of benzene rings is 1. The molecule has 0 unspecified atom stereocenters. The number of thiocarbonyl (C=S) groups is 1. The molecule has 3 heterocycles. The number of nitrogens with one attached hydrogen (secondary N) is 2. The first-order valence-corrected chi connectivity index (χ1v) is 10.3. The number of halogens is 1. The summed E-state index contributed by atoms with van der Waals surface area (Å²) in [7, 11) is 0. The fourth-order valence-corrected chi connectivity index (χ4v) is 3.47. The lowest BCUT2D eigenvalue weighted by Gasteiger charge is -2.07. The van der Waals surface area contributed by atoms with E-state index in [1.165, 1.54) is 6.07 Å². The Bertz CT molecular complexity index is 1190. The molecule has 0 aliphatic heterocycles. The van der Waals surface area contributed by atoms with E-state index < -0.39 is 0 Å². The maximum Gasteiger partial charge on any atom is 0.176 e. The molecule has 4 aromatic rings. The minimum atomic E-state index is -0.251. The Morgan fingerprint density at radius 1 is 1.03 bits per heavy atom. The second-order valence-electron chi connectivity index (χ2n) is 7.07. The number of rotatable bonds is 7. The van der Waals surface area contributed by atoms with Gasteiger partial charge in [0, 0.05) is 41.8 Å². The standard InChI is InChI=1S/C21H23FN8S/c1-3-30-15(2)17(10-24-30)13-29-14-18(11-23-29)25-21(31)26-20-8-9-28(27-20)12-16-6-4-5-7-19(16)22/h4-11,14H,3,12-13H2,1-2H3,(H2,25,26,27,31). The van der Waals surface area contributed by atoms with Crippen LogP contribution in [0, 0.1) is 12.7 Å². The second-order valence-corrected chi connectivity index (χ2v) is 7.47. The van der Waals surface area contributed by atoms with Gasteiger partial charge in [0.2, 0.25) is 0 Å². The molecule has 0 radical (unpaired) electrons. The normalized spacial score (nSPS) is 10.9. The Balaban J connectivity index is 1.33. The lowest BCUT2D eigenvalue weighted by atomic mass is 10.2. The molecule has 1 aromatic carbocycles. The van der Waals surface area contributed by atoms with E-state index in [0.717, 1.165) is 23.5 Å². The van der Waals surface area contributed by atoms with Crippen LogP contribution in [0.25, 0.3) is 0 Å². The molecular weight excluding hydrogens is 415 g/mol. The molecule has 0 amide bonds. The van der Waals surface area contributed by atoms with Gasteiger partial charge in [0.15, 0.2) is 10.9 Å². The third kappa shape index (κ3) is 4.97. The largest absolute Gasteiger partial charge is 0.330 e. The zero-order valence-electron chi connectivity index (χ0n) is 17.3. The van der Waals surface area contributed by atoms with E-state index in [4.69, 9.17) is 12.2 Å². The number of hydrogen-bond acceptors (Lipinski definition) is 4. The van der Waals surface area contributed by atoms with E-state index in [-0.39, 0.29) is 5.82 Å². The average Bonchev–Trinajstić information content (AvgIpc) is 3.46. The predicted octanol–water partition coefficient (Wildman–Crippen LogP) is 3.65. The van der Waals surface area contributed by atoms with Gasteiger partial charge in [-0.1, -0.05) is 18.2 Å². The van der Waals surface area contributed by atoms with Gasteiger partial charge in [-0.15, -0.1) is 0 Å². The maximum absolute atomic E-state index is 13.8. The fraction of sp³-hybridized carbons (Fsp3) is 0.238. The van der Waals surface area contributed by atoms with Gasteiger partial charge in [0.1, 0.15) is 5.82 Å². The maximum atomic E-state index is 13.8. The molecule has 0 saturated carbocycles. The number of anilines is 2. The zero-order valence-corrected chi connectivity index (χ0v) is 18.1. The molecule has 0 atom stereocenters. The van der Waals surface area contributed by atoms with Crippen molar-refractivity contribution in [1.29, 1.82) is 0 Å². The quantitative estimate of drug-likeness (QED) is 0.429. The van der Waals surface area contributed by atoms with Crippen molar-refractivity contribution in [2.24, 2.45) is 0 Å². The Morgan fingerprint density at radius 3 is 2.61 bits per heavy atom. The summed E-state index contributed by atoms with van der Waals surface area (Å²) in [6, 6.07) is 8.43. The van der Waals surface area contributed by atoms with Crippen molar-refractivity contribution < 1.29 is 4.39 Å². The van der Waals surface area contributed by atoms with Crippen LogP contribution < -0.4 is 10.6 Å². The summed E-state index contributed by atoms with van der Waals surface area (Å²) < 4.78 is 19.3. The fourth-order valence-electron chi connectivity index (χ4n) is 3.24. The molecule has 10 heteroatoms. The number of aryl methyl sites for hydroxylation is 1. The smallest absolute Gasteiger partial charge is 0.176 e. The molecule has 0 aliphatic rings. The summed E-state index contributed by atoms with van der Waals surface area (Å²) in [5.41, 5.74) is 3.60. The van der Waals surface area contributed by atoms with Crippen molar-refractivity contribution >= 4 is 28.8 Å². The van der Waals surface area contributed by atoms with Gasteiger partial charge in [-0.3, -0.25) is 14.0 Å². The average molecular weight is 439 g/mol. The molecule has 31 heavy (non-hydrogen) atoms. The molecular formula is C21H23FN8S. The Hall–Kier alpha value is -3.53. The Kier molecular flexibility index (Phi) is 6.08. The number of hydrogen-bond donors (Lipinski definition) is 2. The third-order valence-corrected chi connectivity index (χ3v) is 5.10. The summed E-state index contributed by atoms with van der Waals surface area (Å²) >= 11 is 5.37. The Labute approximate surface area is 184 Å². The molecule has 3 aromatic heterocycles. The highest BCUT2D eigenvalue weighted by molar-refractivity contribution is 7.80. The minimum Gasteiger partial charge on any atom is -0.330 e. The zero-order chi connectivity index (χ0) is 21.8. The molecule has 0 aliphatic carbocycles. The van der Waals surface area contributed by atoms with Crippen LogP contribution in [0.4, 0.5) is 15.9 Å². The topological polar surface area (TPSA) is 77.5 Å². The summed E-state index contributed by atoms with van der Waals surface area (Å²) in [6.07, 6.45) is 7.24. The lowest BCUT2D eigenvalue weighted by molar-refractivity contribution is 0.586. The summed E-state index contributed by atoms with van der Waals surface area (Å²) in [5.74, 6) is 0.322. The molecule has 4 rings (SSSR count). The molecule has 8 nitrogen and oxygen atoms in total. The molecule has 2 N–H and O–H groups in total. The van der Waals surface area contributed by atoms with Crippen LogP contribution in [0.5, 0.6) is 0 Å². The van der Waals surface area contributed by atoms with Gasteiger partial charge >= 0.3 is 0 Å². The highest BCUT2D eigenvalue weighted by Gasteiger charge is 2.09. The summed E-state index contributed by atoms with van der Waals surface area (Å²) in [6.45, 7) is 5.94. The first kappa shape index (κ1) is 20.7. The van der Waals surface area contributed by atoms with Crippen LogP contribution in [0.3, 0.4) is 0 Å². The third-order valence-electron chi connectivity index (χ3n) is 4.90. The number of nitrogens with zero attached hydrogens (tertiary/aromatic N) is 6. The monoisotopic (exact) mass is 438 g/mol. The van der Waals surface area contributed by atoms with Crippen LogP contribution in [0.2, 0.25) is 0 Å². The summed E-state index contributed by atoms with van der Waals surface area (Å²) in [5, 5.41) is 19.7. The Morgan fingerprint density at radius 2 is 1.84 bits per heavy atom. The highest BCUT2D eigenvalue weighted by atomic mass is 32.1. The summed E-state index contributed by atoms with van der Waals surface area (Å²) in [4.78, 5) is 0. The van der Waals surface area contributed by atoms with Crippen LogP contribution in [0.15, 0.2) is 55.1 Å². The van der Waals surface area contributed by atoms with Gasteiger partial charge in [0.05, 0.1) is 31.2 Å². The predicted molar refractivity (Wildman–Crippen MR) is 122 cm³/mol. The van der Waals surface area contributed by atoms with Gasteiger partial charge in [-0.25, -0.2) is 4.39 Å². The van der Waals surface area contributed by atoms with Crippen LogP contribution >= 0.6 is 12.2 Å². The van der Waals surface area contributed by atoms with Crippen LogP contribution in [-0.2, 0) is 19.6 Å². The molecule has 0 bridgehead atoms. The van der Waals surface area contributed by atoms with E-state index in [0.29, 0.717) is 29.6 Å². The molecule has 0 spiro atoms. The van der Waals surface area contributed by atoms with E-state index in [2.05, 4.69) is 39.8 Å². The minimum absolute atomic E-state index is 0.251. The number of aromatic nitrogens is 6.